The standard InChI is InChI=1S/C11H16N2O2/c1-11(2,3)10(14)13-8-5-6-12-9(7-8)15-4/h5-7H,1-4H3,(H,12,13,14). The Morgan fingerprint density at radius 3 is 2.67 bits per heavy atom. The quantitative estimate of drug-likeness (QED) is 0.809. The summed E-state index contributed by atoms with van der Waals surface area (Å²) in [5, 5.41) is 2.80. The van der Waals surface area contributed by atoms with Gasteiger partial charge in [-0.1, -0.05) is 20.8 Å². The van der Waals surface area contributed by atoms with Gasteiger partial charge >= 0.3 is 0 Å². The molecule has 82 valence electrons. The normalized spacial score (nSPS) is 10.9. The van der Waals surface area contributed by atoms with E-state index in [1.807, 2.05) is 20.8 Å². The molecule has 0 spiro atoms. The summed E-state index contributed by atoms with van der Waals surface area (Å²) in [6.45, 7) is 5.59. The summed E-state index contributed by atoms with van der Waals surface area (Å²) in [5.74, 6) is 0.456. The highest BCUT2D eigenvalue weighted by atomic mass is 16.5. The topological polar surface area (TPSA) is 51.2 Å². The van der Waals surface area contributed by atoms with E-state index in [1.54, 1.807) is 18.3 Å². The molecule has 0 saturated carbocycles. The van der Waals surface area contributed by atoms with Crippen LogP contribution in [0, 0.1) is 5.41 Å². The highest BCUT2D eigenvalue weighted by molar-refractivity contribution is 5.94. The van der Waals surface area contributed by atoms with Crippen LogP contribution in [0.2, 0.25) is 0 Å². The molecule has 1 N–H and O–H groups in total. The number of nitrogens with one attached hydrogen (secondary N) is 1. The van der Waals surface area contributed by atoms with Crippen molar-refractivity contribution in [1.29, 1.82) is 0 Å². The Balaban J connectivity index is 2.77. The number of hydrogen-bond acceptors (Lipinski definition) is 3. The average Bonchev–Trinajstić information content (AvgIpc) is 2.16. The summed E-state index contributed by atoms with van der Waals surface area (Å²) in [6, 6.07) is 3.41. The van der Waals surface area contributed by atoms with E-state index in [9.17, 15) is 4.79 Å². The molecule has 1 heterocycles. The van der Waals surface area contributed by atoms with Gasteiger partial charge in [-0.05, 0) is 6.07 Å². The van der Waals surface area contributed by atoms with E-state index in [0.717, 1.165) is 0 Å². The molecule has 1 aromatic heterocycles. The average molecular weight is 208 g/mol. The van der Waals surface area contributed by atoms with Crippen LogP contribution in [0.5, 0.6) is 5.88 Å². The van der Waals surface area contributed by atoms with Crippen LogP contribution in [0.3, 0.4) is 0 Å². The summed E-state index contributed by atoms with van der Waals surface area (Å²) >= 11 is 0. The van der Waals surface area contributed by atoms with Crippen LogP contribution in [0.25, 0.3) is 0 Å². The van der Waals surface area contributed by atoms with Gasteiger partial charge in [0.25, 0.3) is 0 Å². The van der Waals surface area contributed by atoms with Crippen molar-refractivity contribution in [1.82, 2.24) is 4.98 Å². The molecule has 15 heavy (non-hydrogen) atoms. The zero-order valence-electron chi connectivity index (χ0n) is 9.50. The number of carbonyl (C=O) groups is 1. The number of nitrogens with zero attached hydrogens (tertiary/aromatic N) is 1. The number of aromatic nitrogens is 1. The van der Waals surface area contributed by atoms with Crippen LogP contribution in [0.15, 0.2) is 18.3 Å². The van der Waals surface area contributed by atoms with Gasteiger partial charge in [0.15, 0.2) is 0 Å². The molecule has 4 heteroatoms. The third-order valence-corrected chi connectivity index (χ3v) is 1.88. The van der Waals surface area contributed by atoms with Crippen LogP contribution in [0.4, 0.5) is 5.69 Å². The zero-order chi connectivity index (χ0) is 11.5. The van der Waals surface area contributed by atoms with E-state index in [4.69, 9.17) is 4.74 Å². The fourth-order valence-electron chi connectivity index (χ4n) is 0.917. The molecule has 4 nitrogen and oxygen atoms in total. The van der Waals surface area contributed by atoms with E-state index in [-0.39, 0.29) is 5.91 Å². The van der Waals surface area contributed by atoms with Gasteiger partial charge in [-0.2, -0.15) is 0 Å². The van der Waals surface area contributed by atoms with Crippen LogP contribution < -0.4 is 10.1 Å². The second kappa shape index (κ2) is 4.29. The van der Waals surface area contributed by atoms with Crippen molar-refractivity contribution in [3.63, 3.8) is 0 Å². The Kier molecular flexibility index (Phi) is 3.29. The fourth-order valence-corrected chi connectivity index (χ4v) is 0.917. The zero-order valence-corrected chi connectivity index (χ0v) is 9.50. The molecular formula is C11H16N2O2. The van der Waals surface area contributed by atoms with E-state index >= 15 is 0 Å². The van der Waals surface area contributed by atoms with Crippen molar-refractivity contribution in [2.24, 2.45) is 5.41 Å². The lowest BCUT2D eigenvalue weighted by molar-refractivity contribution is -0.123. The van der Waals surface area contributed by atoms with Crippen LogP contribution in [-0.4, -0.2) is 18.0 Å². The summed E-state index contributed by atoms with van der Waals surface area (Å²) in [4.78, 5) is 15.6. The molecule has 0 aromatic carbocycles. The highest BCUT2D eigenvalue weighted by Gasteiger charge is 2.21. The van der Waals surface area contributed by atoms with Gasteiger partial charge in [0, 0.05) is 23.4 Å². The minimum atomic E-state index is -0.406. The van der Waals surface area contributed by atoms with Crippen molar-refractivity contribution in [2.75, 3.05) is 12.4 Å². The van der Waals surface area contributed by atoms with Crippen molar-refractivity contribution < 1.29 is 9.53 Å². The fraction of sp³-hybridized carbons (Fsp3) is 0.455. The van der Waals surface area contributed by atoms with Gasteiger partial charge in [0.2, 0.25) is 11.8 Å². The third kappa shape index (κ3) is 3.23. The lowest BCUT2D eigenvalue weighted by Crippen LogP contribution is -2.27. The minimum absolute atomic E-state index is 0.0317. The molecule has 0 fully saturated rings. The first-order chi connectivity index (χ1) is 6.93. The van der Waals surface area contributed by atoms with Gasteiger partial charge in [-0.15, -0.1) is 0 Å². The van der Waals surface area contributed by atoms with E-state index < -0.39 is 5.41 Å². The lowest BCUT2D eigenvalue weighted by atomic mass is 9.95. The molecular weight excluding hydrogens is 192 g/mol. The second-order valence-electron chi connectivity index (χ2n) is 4.29. The predicted molar refractivity (Wildman–Crippen MR) is 58.9 cm³/mol. The summed E-state index contributed by atoms with van der Waals surface area (Å²) in [7, 11) is 1.54. The Labute approximate surface area is 89.7 Å². The van der Waals surface area contributed by atoms with Gasteiger partial charge in [-0.25, -0.2) is 4.98 Å². The summed E-state index contributed by atoms with van der Waals surface area (Å²) in [6.07, 6.45) is 1.59. The Hall–Kier alpha value is -1.58. The van der Waals surface area contributed by atoms with Crippen molar-refractivity contribution >= 4 is 11.6 Å². The van der Waals surface area contributed by atoms with Gasteiger partial charge in [-0.3, -0.25) is 4.79 Å². The Morgan fingerprint density at radius 2 is 2.13 bits per heavy atom. The highest BCUT2D eigenvalue weighted by Crippen LogP contribution is 2.19. The van der Waals surface area contributed by atoms with Gasteiger partial charge < -0.3 is 10.1 Å². The summed E-state index contributed by atoms with van der Waals surface area (Å²) < 4.78 is 4.96. The Bertz CT molecular complexity index is 356. The molecule has 0 aliphatic carbocycles. The second-order valence-corrected chi connectivity index (χ2v) is 4.29. The molecule has 0 saturated heterocycles. The number of rotatable bonds is 2. The first-order valence-corrected chi connectivity index (χ1v) is 4.75. The first-order valence-electron chi connectivity index (χ1n) is 4.75. The van der Waals surface area contributed by atoms with Crippen LogP contribution >= 0.6 is 0 Å². The molecule has 1 amide bonds. The van der Waals surface area contributed by atoms with Gasteiger partial charge in [0.05, 0.1) is 7.11 Å². The number of carbonyl (C=O) groups excluding carboxylic acids is 1. The third-order valence-electron chi connectivity index (χ3n) is 1.88. The first kappa shape index (κ1) is 11.5. The van der Waals surface area contributed by atoms with E-state index in [0.29, 0.717) is 11.6 Å². The van der Waals surface area contributed by atoms with Crippen LogP contribution in [-0.2, 0) is 4.79 Å². The number of hydrogen-bond donors (Lipinski definition) is 1. The lowest BCUT2D eigenvalue weighted by Gasteiger charge is -2.17. The smallest absolute Gasteiger partial charge is 0.229 e. The van der Waals surface area contributed by atoms with E-state index in [1.165, 1.54) is 7.11 Å². The van der Waals surface area contributed by atoms with E-state index in [2.05, 4.69) is 10.3 Å². The number of anilines is 1. The number of ether oxygens (including phenoxy) is 1. The molecule has 0 atom stereocenters. The maximum Gasteiger partial charge on any atom is 0.229 e. The van der Waals surface area contributed by atoms with Crippen molar-refractivity contribution in [2.45, 2.75) is 20.8 Å². The van der Waals surface area contributed by atoms with Crippen molar-refractivity contribution in [3.05, 3.63) is 18.3 Å². The monoisotopic (exact) mass is 208 g/mol. The SMILES string of the molecule is COc1cc(NC(=O)C(C)(C)C)ccn1. The number of amides is 1. The number of pyridine rings is 1. The molecule has 0 aliphatic rings. The van der Waals surface area contributed by atoms with Crippen molar-refractivity contribution in [3.8, 4) is 5.88 Å². The largest absolute Gasteiger partial charge is 0.481 e. The molecule has 1 aromatic rings. The molecule has 0 unspecified atom stereocenters. The maximum absolute atomic E-state index is 11.7. The molecule has 0 aliphatic heterocycles. The number of methoxy groups -OCH3 is 1. The minimum Gasteiger partial charge on any atom is -0.481 e. The predicted octanol–water partition coefficient (Wildman–Crippen LogP) is 2.07. The van der Waals surface area contributed by atoms with Crippen LogP contribution in [0.1, 0.15) is 20.8 Å². The molecule has 0 radical (unpaired) electrons. The molecule has 1 rings (SSSR count). The summed E-state index contributed by atoms with van der Waals surface area (Å²) in [5.41, 5.74) is 0.290. The Morgan fingerprint density at radius 1 is 1.47 bits per heavy atom. The molecule has 0 bridgehead atoms. The maximum atomic E-state index is 11.7. The van der Waals surface area contributed by atoms with Gasteiger partial charge in [0.1, 0.15) is 0 Å².